The average Bonchev–Trinajstić information content (AvgIpc) is 4.05. The van der Waals surface area contributed by atoms with Gasteiger partial charge in [-0.3, -0.25) is 14.4 Å². The molecule has 11 heteroatoms. The van der Waals surface area contributed by atoms with Gasteiger partial charge in [-0.15, -0.1) is 0 Å². The molecule has 0 amide bonds. The first-order valence-electron chi connectivity index (χ1n) is 29.1. The van der Waals surface area contributed by atoms with E-state index in [0.29, 0.717) is 80.3 Å². The molecule has 5 fully saturated rings. The molecule has 5 aliphatic rings. The third-order valence-electron chi connectivity index (χ3n) is 15.2. The van der Waals surface area contributed by atoms with Crippen LogP contribution in [0.2, 0.25) is 0 Å². The highest BCUT2D eigenvalue weighted by Crippen LogP contribution is 2.40. The molecule has 0 saturated carbocycles. The molecule has 0 bridgehead atoms. The van der Waals surface area contributed by atoms with E-state index in [1.54, 1.807) is 0 Å². The maximum atomic E-state index is 12.9. The monoisotopic (exact) mass is 961 g/mol. The first kappa shape index (κ1) is 57.1. The van der Waals surface area contributed by atoms with E-state index in [1.165, 1.54) is 103 Å². The Kier molecular flexibility index (Phi) is 29.0. The fourth-order valence-electron chi connectivity index (χ4n) is 10.3. The lowest BCUT2D eigenvalue weighted by molar-refractivity contribution is -0.167. The quantitative estimate of drug-likeness (QED) is 0.0249. The number of esters is 3. The minimum Gasteiger partial charge on any atom is -0.462 e. The van der Waals surface area contributed by atoms with Gasteiger partial charge in [-0.2, -0.15) is 0 Å². The minimum atomic E-state index is -0.808. The summed E-state index contributed by atoms with van der Waals surface area (Å²) in [6, 6.07) is 0. The van der Waals surface area contributed by atoms with Crippen LogP contribution in [0, 0.1) is 0 Å². The SMILES string of the molecule is CCCCCCCC[C@@H]1O[C@H]1CCCCCCCC(=O)OC(COC(=O)CCCCCCC[C@@H]1O[C@H]1C[C@H]1O[C@@H]1CCCCC)COC(=O)CCCCCCC[C@@H]1O[C@H]1C[C@H]1O[C@@H]1CCCCC. The lowest BCUT2D eigenvalue weighted by Crippen LogP contribution is -2.30. The molecular weight excluding hydrogens is 861 g/mol. The zero-order valence-electron chi connectivity index (χ0n) is 43.6. The Hall–Kier alpha value is -1.79. The summed E-state index contributed by atoms with van der Waals surface area (Å²) in [5, 5.41) is 0. The predicted octanol–water partition coefficient (Wildman–Crippen LogP) is 13.7. The van der Waals surface area contributed by atoms with Gasteiger partial charge >= 0.3 is 17.9 Å². The fourth-order valence-corrected chi connectivity index (χ4v) is 10.3. The second-order valence-corrected chi connectivity index (χ2v) is 21.5. The van der Waals surface area contributed by atoms with E-state index < -0.39 is 6.10 Å². The molecule has 0 N–H and O–H groups in total. The Bertz CT molecular complexity index is 1270. The molecule has 10 atom stereocenters. The summed E-state index contributed by atoms with van der Waals surface area (Å²) in [6.07, 6.45) is 44.4. The topological polar surface area (TPSA) is 142 Å². The zero-order valence-corrected chi connectivity index (χ0v) is 43.6. The normalized spacial score (nSPS) is 26.5. The van der Waals surface area contributed by atoms with Crippen LogP contribution in [0.25, 0.3) is 0 Å². The van der Waals surface area contributed by atoms with E-state index in [2.05, 4.69) is 20.8 Å². The molecule has 0 aromatic heterocycles. The van der Waals surface area contributed by atoms with Gasteiger partial charge in [0.2, 0.25) is 0 Å². The lowest BCUT2D eigenvalue weighted by atomic mass is 10.0. The average molecular weight is 961 g/mol. The van der Waals surface area contributed by atoms with Crippen molar-refractivity contribution in [1.82, 2.24) is 0 Å². The molecule has 0 radical (unpaired) electrons. The molecule has 5 heterocycles. The second kappa shape index (κ2) is 34.6. The van der Waals surface area contributed by atoms with Crippen LogP contribution in [0.15, 0.2) is 0 Å². The number of unbranched alkanes of at least 4 members (excludes halogenated alkanes) is 21. The van der Waals surface area contributed by atoms with Crippen LogP contribution in [-0.4, -0.2) is 98.3 Å². The zero-order chi connectivity index (χ0) is 48.0. The number of rotatable bonds is 48. The second-order valence-electron chi connectivity index (χ2n) is 21.5. The number of hydrogen-bond acceptors (Lipinski definition) is 11. The van der Waals surface area contributed by atoms with Gasteiger partial charge in [-0.25, -0.2) is 0 Å². The molecule has 0 aromatic rings. The predicted molar refractivity (Wildman–Crippen MR) is 268 cm³/mol. The Morgan fingerprint density at radius 3 is 0.926 bits per heavy atom. The van der Waals surface area contributed by atoms with Crippen molar-refractivity contribution >= 4 is 17.9 Å². The van der Waals surface area contributed by atoms with E-state index in [1.807, 2.05) is 0 Å². The highest BCUT2D eigenvalue weighted by Gasteiger charge is 2.48. The van der Waals surface area contributed by atoms with Crippen LogP contribution in [0.3, 0.4) is 0 Å². The molecular formula is C57H100O11. The summed E-state index contributed by atoms with van der Waals surface area (Å²) >= 11 is 0. The van der Waals surface area contributed by atoms with Crippen LogP contribution in [0.5, 0.6) is 0 Å². The van der Waals surface area contributed by atoms with Crippen molar-refractivity contribution in [2.75, 3.05) is 13.2 Å². The third-order valence-corrected chi connectivity index (χ3v) is 15.2. The third kappa shape index (κ3) is 26.6. The molecule has 5 saturated heterocycles. The highest BCUT2D eigenvalue weighted by atomic mass is 16.6. The van der Waals surface area contributed by atoms with Gasteiger partial charge in [0.05, 0.1) is 61.0 Å². The van der Waals surface area contributed by atoms with Crippen molar-refractivity contribution in [2.45, 2.75) is 332 Å². The molecule has 0 aliphatic carbocycles. The van der Waals surface area contributed by atoms with Gasteiger partial charge in [0.15, 0.2) is 6.10 Å². The molecule has 0 spiro atoms. The van der Waals surface area contributed by atoms with Gasteiger partial charge in [0.25, 0.3) is 0 Å². The van der Waals surface area contributed by atoms with Crippen molar-refractivity contribution in [3.63, 3.8) is 0 Å². The summed E-state index contributed by atoms with van der Waals surface area (Å²) < 4.78 is 46.4. The molecule has 0 unspecified atom stereocenters. The summed E-state index contributed by atoms with van der Waals surface area (Å²) in [5.41, 5.74) is 0. The van der Waals surface area contributed by atoms with Crippen molar-refractivity contribution in [2.24, 2.45) is 0 Å². The van der Waals surface area contributed by atoms with Crippen molar-refractivity contribution in [1.29, 1.82) is 0 Å². The summed E-state index contributed by atoms with van der Waals surface area (Å²) in [5.74, 6) is -0.949. The van der Waals surface area contributed by atoms with E-state index in [4.69, 9.17) is 37.9 Å². The first-order valence-corrected chi connectivity index (χ1v) is 29.1. The van der Waals surface area contributed by atoms with Gasteiger partial charge in [-0.1, -0.05) is 175 Å². The summed E-state index contributed by atoms with van der Waals surface area (Å²) in [6.45, 7) is 6.53. The summed E-state index contributed by atoms with van der Waals surface area (Å²) in [7, 11) is 0. The van der Waals surface area contributed by atoms with Crippen molar-refractivity contribution in [3.8, 4) is 0 Å². The number of epoxide rings is 5. The molecule has 5 rings (SSSR count). The van der Waals surface area contributed by atoms with Crippen LogP contribution >= 0.6 is 0 Å². The maximum absolute atomic E-state index is 12.9. The molecule has 0 aromatic carbocycles. The standard InChI is InChI=1S/C57H100O11/c1-4-7-10-11-15-24-33-45-46(64-45)34-25-16-14-21-30-39-57(60)63-44(42-61-55(58)37-28-19-12-17-26-35-49-53(67-49)40-51-47(65-51)31-22-8-5-2)43-62-56(59)38-29-20-13-18-27-36-50-54(68-50)41-52-48(66-52)32-23-9-6-3/h44-54H,4-43H2,1-3H3/t45-,46-,47+,48+,49-,50-,51+,52+,53-,54-/m0/s1. The minimum absolute atomic E-state index is 0.104. The van der Waals surface area contributed by atoms with Crippen LogP contribution in [0.4, 0.5) is 0 Å². The number of carbonyl (C=O) groups is 3. The van der Waals surface area contributed by atoms with E-state index in [0.717, 1.165) is 122 Å². The van der Waals surface area contributed by atoms with Gasteiger partial charge < -0.3 is 37.9 Å². The van der Waals surface area contributed by atoms with E-state index in [9.17, 15) is 14.4 Å². The van der Waals surface area contributed by atoms with Crippen LogP contribution in [-0.2, 0) is 52.3 Å². The molecule has 394 valence electrons. The van der Waals surface area contributed by atoms with E-state index >= 15 is 0 Å². The molecule has 5 aliphatic heterocycles. The van der Waals surface area contributed by atoms with Crippen molar-refractivity contribution in [3.05, 3.63) is 0 Å². The Labute approximate surface area is 414 Å². The smallest absolute Gasteiger partial charge is 0.306 e. The van der Waals surface area contributed by atoms with Gasteiger partial charge in [-0.05, 0) is 57.8 Å². The largest absolute Gasteiger partial charge is 0.462 e. The van der Waals surface area contributed by atoms with Crippen LogP contribution < -0.4 is 0 Å². The Balaban J connectivity index is 0.866. The number of hydrogen-bond donors (Lipinski definition) is 0. The van der Waals surface area contributed by atoms with E-state index in [-0.39, 0.29) is 31.1 Å². The lowest BCUT2D eigenvalue weighted by Gasteiger charge is -2.18. The fraction of sp³-hybridized carbons (Fsp3) is 0.947. The number of carbonyl (C=O) groups excluding carboxylic acids is 3. The van der Waals surface area contributed by atoms with Gasteiger partial charge in [0, 0.05) is 32.1 Å². The van der Waals surface area contributed by atoms with Gasteiger partial charge in [0.1, 0.15) is 13.2 Å². The number of ether oxygens (including phenoxy) is 8. The van der Waals surface area contributed by atoms with Crippen molar-refractivity contribution < 1.29 is 52.3 Å². The highest BCUT2D eigenvalue weighted by molar-refractivity contribution is 5.71. The molecule has 68 heavy (non-hydrogen) atoms. The van der Waals surface area contributed by atoms with Crippen LogP contribution in [0.1, 0.15) is 265 Å². The molecule has 11 nitrogen and oxygen atoms in total. The maximum Gasteiger partial charge on any atom is 0.306 e. The Morgan fingerprint density at radius 2 is 0.574 bits per heavy atom. The first-order chi connectivity index (χ1) is 33.4. The Morgan fingerprint density at radius 1 is 0.324 bits per heavy atom. The summed E-state index contributed by atoms with van der Waals surface area (Å²) in [4.78, 5) is 38.4.